The van der Waals surface area contributed by atoms with Crippen molar-refractivity contribution in [1.82, 2.24) is 0 Å². The lowest BCUT2D eigenvalue weighted by Gasteiger charge is -2.28. The highest BCUT2D eigenvalue weighted by Gasteiger charge is 2.21. The van der Waals surface area contributed by atoms with E-state index in [1.165, 1.54) is 76.5 Å². The summed E-state index contributed by atoms with van der Waals surface area (Å²) >= 11 is 0. The number of nitrogens with zero attached hydrogens (tertiary/aromatic N) is 1. The highest BCUT2D eigenvalue weighted by molar-refractivity contribution is 6.22. The number of fused-ring (bicyclic) bond motifs is 6. The van der Waals surface area contributed by atoms with E-state index in [1.54, 1.807) is 0 Å². The molecule has 0 saturated carbocycles. The molecule has 0 spiro atoms. The number of anilines is 3. The summed E-state index contributed by atoms with van der Waals surface area (Å²) in [6.07, 6.45) is 0. The normalized spacial score (nSPS) is 11.4. The Hall–Kier alpha value is -6.96. The molecular weight excluding hydrogens is 639 g/mol. The van der Waals surface area contributed by atoms with E-state index in [4.69, 9.17) is 0 Å². The maximum absolute atomic E-state index is 2.44. The minimum atomic E-state index is 1.10. The fourth-order valence-corrected chi connectivity index (χ4v) is 8.23. The molecule has 0 aliphatic carbocycles. The summed E-state index contributed by atoms with van der Waals surface area (Å²) in [5, 5.41) is 9.97. The van der Waals surface area contributed by atoms with Gasteiger partial charge in [0.25, 0.3) is 0 Å². The van der Waals surface area contributed by atoms with E-state index in [0.29, 0.717) is 0 Å². The molecule has 0 aliphatic rings. The molecule has 0 heterocycles. The minimum Gasteiger partial charge on any atom is -0.310 e. The Balaban J connectivity index is 1.25. The predicted octanol–water partition coefficient (Wildman–Crippen LogP) is 14.8. The maximum atomic E-state index is 2.44. The lowest BCUT2D eigenvalue weighted by molar-refractivity contribution is 1.30. The van der Waals surface area contributed by atoms with Crippen molar-refractivity contribution in [3.05, 3.63) is 212 Å². The van der Waals surface area contributed by atoms with Gasteiger partial charge in [0, 0.05) is 16.8 Å². The predicted molar refractivity (Wildman–Crippen MR) is 227 cm³/mol. The van der Waals surface area contributed by atoms with E-state index in [9.17, 15) is 0 Å². The monoisotopic (exact) mass is 673 g/mol. The number of hydrogen-bond donors (Lipinski definition) is 0. The van der Waals surface area contributed by atoms with Gasteiger partial charge in [0.1, 0.15) is 0 Å². The van der Waals surface area contributed by atoms with Crippen LogP contribution in [-0.4, -0.2) is 0 Å². The summed E-state index contributed by atoms with van der Waals surface area (Å²) in [6.45, 7) is 0. The summed E-state index contributed by atoms with van der Waals surface area (Å²) in [4.78, 5) is 2.44. The third-order valence-corrected chi connectivity index (χ3v) is 10.6. The summed E-state index contributed by atoms with van der Waals surface area (Å²) < 4.78 is 0. The molecule has 0 aliphatic heterocycles. The van der Waals surface area contributed by atoms with Crippen molar-refractivity contribution in [2.45, 2.75) is 0 Å². The molecule has 0 amide bonds. The molecule has 0 aromatic heterocycles. The second-order valence-corrected chi connectivity index (χ2v) is 13.7. The van der Waals surface area contributed by atoms with Gasteiger partial charge in [-0.2, -0.15) is 0 Å². The SMILES string of the molecule is c1ccc(-c2ccc(N(c3cccc(-c4c(-c5ccccc5)c5ccccc5c5ccccc45)c3)c3cc4ccccc4c4ccccc34)cc2)cc1. The molecule has 0 atom stereocenters. The van der Waals surface area contributed by atoms with Crippen LogP contribution >= 0.6 is 0 Å². The lowest BCUT2D eigenvalue weighted by Crippen LogP contribution is -2.11. The molecule has 0 N–H and O–H groups in total. The first-order valence-corrected chi connectivity index (χ1v) is 18.3. The molecule has 0 saturated heterocycles. The first-order valence-electron chi connectivity index (χ1n) is 18.3. The van der Waals surface area contributed by atoms with Gasteiger partial charge in [-0.1, -0.05) is 182 Å². The molecule has 1 heteroatoms. The van der Waals surface area contributed by atoms with Crippen molar-refractivity contribution in [1.29, 1.82) is 0 Å². The lowest BCUT2D eigenvalue weighted by atomic mass is 9.85. The fourth-order valence-electron chi connectivity index (χ4n) is 8.23. The summed E-state index contributed by atoms with van der Waals surface area (Å²) in [7, 11) is 0. The third-order valence-electron chi connectivity index (χ3n) is 10.6. The van der Waals surface area contributed by atoms with Crippen LogP contribution < -0.4 is 4.90 Å². The molecule has 53 heavy (non-hydrogen) atoms. The van der Waals surface area contributed by atoms with Gasteiger partial charge in [0.05, 0.1) is 5.69 Å². The van der Waals surface area contributed by atoms with Crippen LogP contribution in [0.4, 0.5) is 17.1 Å². The number of rotatable bonds is 6. The Kier molecular flexibility index (Phi) is 7.55. The van der Waals surface area contributed by atoms with Gasteiger partial charge in [0.2, 0.25) is 0 Å². The molecule has 248 valence electrons. The Labute approximate surface area is 309 Å². The van der Waals surface area contributed by atoms with Crippen molar-refractivity contribution < 1.29 is 0 Å². The highest BCUT2D eigenvalue weighted by atomic mass is 15.1. The van der Waals surface area contributed by atoms with Crippen LogP contribution in [0.25, 0.3) is 76.5 Å². The Bertz CT molecular complexity index is 2930. The van der Waals surface area contributed by atoms with Crippen LogP contribution in [0.2, 0.25) is 0 Å². The van der Waals surface area contributed by atoms with Crippen LogP contribution in [0.1, 0.15) is 0 Å². The maximum Gasteiger partial charge on any atom is 0.0546 e. The second kappa shape index (κ2) is 13.0. The van der Waals surface area contributed by atoms with Gasteiger partial charge >= 0.3 is 0 Å². The molecule has 10 rings (SSSR count). The zero-order valence-corrected chi connectivity index (χ0v) is 29.2. The Morgan fingerprint density at radius 1 is 0.245 bits per heavy atom. The van der Waals surface area contributed by atoms with Crippen molar-refractivity contribution in [3.8, 4) is 33.4 Å². The average molecular weight is 674 g/mol. The van der Waals surface area contributed by atoms with Gasteiger partial charge in [-0.25, -0.2) is 0 Å². The molecule has 0 unspecified atom stereocenters. The molecule has 10 aromatic rings. The quantitative estimate of drug-likeness (QED) is 0.159. The highest BCUT2D eigenvalue weighted by Crippen LogP contribution is 2.47. The summed E-state index contributed by atoms with van der Waals surface area (Å²) in [5.41, 5.74) is 10.7. The third kappa shape index (κ3) is 5.34. The van der Waals surface area contributed by atoms with Crippen LogP contribution in [0.3, 0.4) is 0 Å². The first kappa shape index (κ1) is 30.8. The van der Waals surface area contributed by atoms with Crippen molar-refractivity contribution in [2.75, 3.05) is 4.90 Å². The molecule has 0 radical (unpaired) electrons. The largest absolute Gasteiger partial charge is 0.310 e. The van der Waals surface area contributed by atoms with Crippen LogP contribution in [0, 0.1) is 0 Å². The van der Waals surface area contributed by atoms with Gasteiger partial charge < -0.3 is 4.90 Å². The van der Waals surface area contributed by atoms with E-state index < -0.39 is 0 Å². The first-order chi connectivity index (χ1) is 26.3. The van der Waals surface area contributed by atoms with Crippen molar-refractivity contribution in [3.63, 3.8) is 0 Å². The zero-order chi connectivity index (χ0) is 35.1. The van der Waals surface area contributed by atoms with Crippen LogP contribution in [0.5, 0.6) is 0 Å². The van der Waals surface area contributed by atoms with Crippen molar-refractivity contribution >= 4 is 60.2 Å². The second-order valence-electron chi connectivity index (χ2n) is 13.7. The van der Waals surface area contributed by atoms with E-state index in [1.807, 2.05) is 0 Å². The van der Waals surface area contributed by atoms with E-state index >= 15 is 0 Å². The zero-order valence-electron chi connectivity index (χ0n) is 29.2. The summed E-state index contributed by atoms with van der Waals surface area (Å²) in [5.74, 6) is 0. The van der Waals surface area contributed by atoms with Crippen LogP contribution in [-0.2, 0) is 0 Å². The molecular formula is C52H35N. The molecule has 0 bridgehead atoms. The van der Waals surface area contributed by atoms with Gasteiger partial charge in [-0.3, -0.25) is 0 Å². The van der Waals surface area contributed by atoms with E-state index in [2.05, 4.69) is 217 Å². The Morgan fingerprint density at radius 3 is 1.34 bits per heavy atom. The van der Waals surface area contributed by atoms with E-state index in [0.717, 1.165) is 17.1 Å². The molecule has 1 nitrogen and oxygen atoms in total. The number of hydrogen-bond acceptors (Lipinski definition) is 1. The standard InChI is InChI=1S/C52H35N/c1-3-16-36(17-4-1)37-30-32-41(33-31-37)53(50-35-39-20-7-8-23-43(39)44-24-9-12-27-47(44)50)42-22-15-21-40(34-42)52-49-29-14-11-26-46(49)45-25-10-13-28-48(45)51(52)38-18-5-2-6-19-38/h1-35H. The fraction of sp³-hybridized carbons (Fsp3) is 0. The number of benzene rings is 10. The van der Waals surface area contributed by atoms with Gasteiger partial charge in [-0.15, -0.1) is 0 Å². The van der Waals surface area contributed by atoms with Gasteiger partial charge in [0.15, 0.2) is 0 Å². The Morgan fingerprint density at radius 2 is 0.698 bits per heavy atom. The average Bonchev–Trinajstić information content (AvgIpc) is 3.24. The summed E-state index contributed by atoms with van der Waals surface area (Å²) in [6, 6.07) is 77.3. The minimum absolute atomic E-state index is 1.10. The van der Waals surface area contributed by atoms with Crippen LogP contribution in [0.15, 0.2) is 212 Å². The molecule has 10 aromatic carbocycles. The molecule has 0 fully saturated rings. The van der Waals surface area contributed by atoms with E-state index in [-0.39, 0.29) is 0 Å². The van der Waals surface area contributed by atoms with Crippen molar-refractivity contribution in [2.24, 2.45) is 0 Å². The smallest absolute Gasteiger partial charge is 0.0546 e. The van der Waals surface area contributed by atoms with Gasteiger partial charge in [-0.05, 0) is 101 Å². The topological polar surface area (TPSA) is 3.24 Å².